The first-order valence-electron chi connectivity index (χ1n) is 9.09. The van der Waals surface area contributed by atoms with Gasteiger partial charge in [0, 0.05) is 19.6 Å². The van der Waals surface area contributed by atoms with E-state index in [0.29, 0.717) is 19.5 Å². The van der Waals surface area contributed by atoms with Gasteiger partial charge in [-0.05, 0) is 59.1 Å². The second-order valence-corrected chi connectivity index (χ2v) is 8.05. The van der Waals surface area contributed by atoms with Gasteiger partial charge in [0.15, 0.2) is 0 Å². The molecule has 0 radical (unpaired) electrons. The maximum Gasteiger partial charge on any atom is 0.410 e. The third-order valence-corrected chi connectivity index (χ3v) is 4.81. The van der Waals surface area contributed by atoms with Gasteiger partial charge in [-0.3, -0.25) is 4.79 Å². The van der Waals surface area contributed by atoms with Crippen molar-refractivity contribution in [2.24, 2.45) is 5.92 Å². The fourth-order valence-corrected chi connectivity index (χ4v) is 3.65. The molecule has 25 heavy (non-hydrogen) atoms. The number of furan rings is 1. The van der Waals surface area contributed by atoms with Crippen LogP contribution in [0.2, 0.25) is 0 Å². The summed E-state index contributed by atoms with van der Waals surface area (Å²) >= 11 is 0. The lowest BCUT2D eigenvalue weighted by Gasteiger charge is -2.27. The Hall–Kier alpha value is -1.98. The minimum absolute atomic E-state index is 0.0248. The Labute approximate surface area is 149 Å². The zero-order chi connectivity index (χ0) is 18.2. The van der Waals surface area contributed by atoms with Crippen LogP contribution in [-0.4, -0.2) is 47.0 Å². The second-order valence-electron chi connectivity index (χ2n) is 8.05. The van der Waals surface area contributed by atoms with Crippen LogP contribution in [0.25, 0.3) is 0 Å². The summed E-state index contributed by atoms with van der Waals surface area (Å²) in [5.41, 5.74) is -0.517. The summed E-state index contributed by atoms with van der Waals surface area (Å²) in [7, 11) is 0. The number of hydrogen-bond acceptors (Lipinski definition) is 4. The molecule has 0 aromatic carbocycles. The van der Waals surface area contributed by atoms with Crippen LogP contribution in [0.1, 0.15) is 57.6 Å². The molecule has 2 aliphatic rings. The van der Waals surface area contributed by atoms with Gasteiger partial charge in [-0.1, -0.05) is 0 Å². The van der Waals surface area contributed by atoms with Gasteiger partial charge >= 0.3 is 6.09 Å². The third-order valence-electron chi connectivity index (χ3n) is 4.81. The Morgan fingerprint density at radius 1 is 1.20 bits per heavy atom. The molecule has 2 atom stereocenters. The van der Waals surface area contributed by atoms with Crippen LogP contribution in [0.15, 0.2) is 16.5 Å². The quantitative estimate of drug-likeness (QED) is 0.820. The highest BCUT2D eigenvalue weighted by Gasteiger charge is 2.39. The number of carbonyl (C=O) groups is 2. The summed E-state index contributed by atoms with van der Waals surface area (Å²) < 4.78 is 11.2. The highest BCUT2D eigenvalue weighted by molar-refractivity contribution is 5.81. The van der Waals surface area contributed by atoms with E-state index in [1.165, 1.54) is 0 Å². The van der Waals surface area contributed by atoms with Crippen molar-refractivity contribution in [1.29, 1.82) is 0 Å². The van der Waals surface area contributed by atoms with Crippen LogP contribution >= 0.6 is 0 Å². The van der Waals surface area contributed by atoms with Crippen LogP contribution in [-0.2, 0) is 9.53 Å². The zero-order valence-corrected chi connectivity index (χ0v) is 15.6. The van der Waals surface area contributed by atoms with Gasteiger partial charge < -0.3 is 19.0 Å². The van der Waals surface area contributed by atoms with E-state index in [1.54, 1.807) is 4.90 Å². The number of hydrogen-bond donors (Lipinski definition) is 0. The first-order chi connectivity index (χ1) is 11.7. The van der Waals surface area contributed by atoms with E-state index in [-0.39, 0.29) is 24.0 Å². The first-order valence-corrected chi connectivity index (χ1v) is 9.09. The molecule has 0 spiro atoms. The summed E-state index contributed by atoms with van der Waals surface area (Å²) in [6.07, 6.45) is 2.28. The topological polar surface area (TPSA) is 63.0 Å². The molecule has 1 aromatic rings. The van der Waals surface area contributed by atoms with E-state index in [9.17, 15) is 9.59 Å². The van der Waals surface area contributed by atoms with Crippen molar-refractivity contribution in [2.75, 3.05) is 19.6 Å². The van der Waals surface area contributed by atoms with Gasteiger partial charge in [0.05, 0.1) is 12.0 Å². The highest BCUT2D eigenvalue weighted by atomic mass is 16.6. The number of ether oxygens (including phenoxy) is 1. The van der Waals surface area contributed by atoms with Crippen molar-refractivity contribution in [1.82, 2.24) is 9.80 Å². The van der Waals surface area contributed by atoms with Crippen LogP contribution < -0.4 is 0 Å². The standard InChI is InChI=1S/C19H28N2O4/c1-13-7-8-16(24-13)15-6-5-10-21(15)17(22)14-9-11-20(12-14)18(23)25-19(2,3)4/h7-8,14-15H,5-6,9-12H2,1-4H3. The molecule has 0 aliphatic carbocycles. The largest absolute Gasteiger partial charge is 0.464 e. The van der Waals surface area contributed by atoms with Gasteiger partial charge in [0.2, 0.25) is 5.91 Å². The number of rotatable bonds is 2. The molecule has 6 nitrogen and oxygen atoms in total. The van der Waals surface area contributed by atoms with Crippen LogP contribution in [0, 0.1) is 12.8 Å². The van der Waals surface area contributed by atoms with Crippen LogP contribution in [0.5, 0.6) is 0 Å². The number of nitrogens with zero attached hydrogens (tertiary/aromatic N) is 2. The van der Waals surface area contributed by atoms with E-state index in [2.05, 4.69) is 0 Å². The molecular weight excluding hydrogens is 320 g/mol. The maximum atomic E-state index is 13.0. The minimum atomic E-state index is -0.517. The molecule has 0 bridgehead atoms. The van der Waals surface area contributed by atoms with Crippen molar-refractivity contribution in [3.63, 3.8) is 0 Å². The maximum absolute atomic E-state index is 13.0. The number of aryl methyl sites for hydroxylation is 1. The lowest BCUT2D eigenvalue weighted by molar-refractivity contribution is -0.136. The molecule has 2 saturated heterocycles. The Morgan fingerprint density at radius 2 is 1.96 bits per heavy atom. The third kappa shape index (κ3) is 3.99. The predicted molar refractivity (Wildman–Crippen MR) is 93.0 cm³/mol. The Balaban J connectivity index is 1.62. The molecule has 6 heteroatoms. The first kappa shape index (κ1) is 17.8. The molecule has 138 valence electrons. The predicted octanol–water partition coefficient (Wildman–Crippen LogP) is 3.51. The van der Waals surface area contributed by atoms with Gasteiger partial charge in [-0.2, -0.15) is 0 Å². The van der Waals surface area contributed by atoms with Crippen molar-refractivity contribution < 1.29 is 18.7 Å². The normalized spacial score (nSPS) is 24.0. The van der Waals surface area contributed by atoms with Gasteiger partial charge in [-0.25, -0.2) is 4.79 Å². The fourth-order valence-electron chi connectivity index (χ4n) is 3.65. The Kier molecular flexibility index (Phi) is 4.80. The average molecular weight is 348 g/mol. The molecule has 3 heterocycles. The average Bonchev–Trinajstić information content (AvgIpc) is 3.24. The summed E-state index contributed by atoms with van der Waals surface area (Å²) in [5.74, 6) is 1.71. The van der Waals surface area contributed by atoms with Crippen molar-refractivity contribution in [3.8, 4) is 0 Å². The van der Waals surface area contributed by atoms with E-state index >= 15 is 0 Å². The number of amides is 2. The van der Waals surface area contributed by atoms with Crippen LogP contribution in [0.3, 0.4) is 0 Å². The van der Waals surface area contributed by atoms with E-state index in [0.717, 1.165) is 30.9 Å². The van der Waals surface area contributed by atoms with Crippen molar-refractivity contribution in [2.45, 2.75) is 58.6 Å². The molecule has 1 aromatic heterocycles. The molecule has 2 amide bonds. The molecular formula is C19H28N2O4. The molecule has 0 saturated carbocycles. The lowest BCUT2D eigenvalue weighted by Crippen LogP contribution is -2.39. The SMILES string of the molecule is Cc1ccc(C2CCCN2C(=O)C2CCN(C(=O)OC(C)(C)C)C2)o1. The van der Waals surface area contributed by atoms with Crippen LogP contribution in [0.4, 0.5) is 4.79 Å². The van der Waals surface area contributed by atoms with E-state index in [4.69, 9.17) is 9.15 Å². The summed E-state index contributed by atoms with van der Waals surface area (Å²) in [6, 6.07) is 3.93. The zero-order valence-electron chi connectivity index (χ0n) is 15.6. The van der Waals surface area contributed by atoms with Gasteiger partial charge in [0.1, 0.15) is 17.1 Å². The van der Waals surface area contributed by atoms with E-state index < -0.39 is 5.60 Å². The van der Waals surface area contributed by atoms with Crippen molar-refractivity contribution >= 4 is 12.0 Å². The van der Waals surface area contributed by atoms with Crippen molar-refractivity contribution in [3.05, 3.63) is 23.7 Å². The Morgan fingerprint density at radius 3 is 2.60 bits per heavy atom. The molecule has 2 aliphatic heterocycles. The lowest BCUT2D eigenvalue weighted by atomic mass is 10.1. The summed E-state index contributed by atoms with van der Waals surface area (Å²) in [5, 5.41) is 0. The molecule has 2 fully saturated rings. The fraction of sp³-hybridized carbons (Fsp3) is 0.684. The van der Waals surface area contributed by atoms with E-state index in [1.807, 2.05) is 44.7 Å². The monoisotopic (exact) mass is 348 g/mol. The summed E-state index contributed by atoms with van der Waals surface area (Å²) in [4.78, 5) is 28.8. The second kappa shape index (κ2) is 6.73. The van der Waals surface area contributed by atoms with Gasteiger partial charge in [-0.15, -0.1) is 0 Å². The Bertz CT molecular complexity index is 646. The molecule has 3 rings (SSSR count). The molecule has 2 unspecified atom stereocenters. The minimum Gasteiger partial charge on any atom is -0.464 e. The summed E-state index contributed by atoms with van der Waals surface area (Å²) in [6.45, 7) is 9.24. The smallest absolute Gasteiger partial charge is 0.410 e. The molecule has 0 N–H and O–H groups in total. The number of carbonyl (C=O) groups excluding carboxylic acids is 2. The number of likely N-dealkylation sites (tertiary alicyclic amines) is 2. The van der Waals surface area contributed by atoms with Gasteiger partial charge in [0.25, 0.3) is 0 Å². The highest BCUT2D eigenvalue weighted by Crippen LogP contribution is 2.35.